The molecule has 1 amide bonds. The fourth-order valence-electron chi connectivity index (χ4n) is 2.92. The maximum atomic E-state index is 12.4. The molecular formula is C20H20Cl2N2O2. The molecule has 0 saturated carbocycles. The van der Waals surface area contributed by atoms with Crippen LogP contribution in [0.5, 0.6) is 0 Å². The van der Waals surface area contributed by atoms with E-state index in [2.05, 4.69) is 5.16 Å². The molecule has 0 bridgehead atoms. The summed E-state index contributed by atoms with van der Waals surface area (Å²) in [6.45, 7) is 2.85. The second-order valence-electron chi connectivity index (χ2n) is 6.23. The van der Waals surface area contributed by atoms with E-state index in [4.69, 9.17) is 28.0 Å². The third-order valence-electron chi connectivity index (χ3n) is 4.25. The summed E-state index contributed by atoms with van der Waals surface area (Å²) in [5.74, 6) is 0.0773. The quantitative estimate of drug-likeness (QED) is 0.701. The van der Waals surface area contributed by atoms with Gasteiger partial charge in [0, 0.05) is 29.4 Å². The van der Waals surface area contributed by atoms with Crippen LogP contribution in [0.4, 0.5) is 0 Å². The highest BCUT2D eigenvalue weighted by Gasteiger charge is 2.26. The number of carbonyl (C=O) groups excluding carboxylic acids is 1. The van der Waals surface area contributed by atoms with Gasteiger partial charge in [-0.1, -0.05) is 59.5 Å². The average molecular weight is 391 g/mol. The normalized spacial score (nSPS) is 16.1. The van der Waals surface area contributed by atoms with Crippen LogP contribution < -0.4 is 0 Å². The minimum Gasteiger partial charge on any atom is -0.390 e. The number of hydrogen-bond acceptors (Lipinski definition) is 3. The van der Waals surface area contributed by atoms with Gasteiger partial charge in [-0.15, -0.1) is 0 Å². The van der Waals surface area contributed by atoms with Crippen LogP contribution in [0.25, 0.3) is 0 Å². The summed E-state index contributed by atoms with van der Waals surface area (Å²) < 4.78 is 0. The lowest BCUT2D eigenvalue weighted by Crippen LogP contribution is -2.36. The summed E-state index contributed by atoms with van der Waals surface area (Å²) in [6.07, 6.45) is 0.943. The molecule has 6 heteroatoms. The highest BCUT2D eigenvalue weighted by atomic mass is 35.5. The molecule has 0 spiro atoms. The van der Waals surface area contributed by atoms with Crippen LogP contribution in [0, 0.1) is 0 Å². The van der Waals surface area contributed by atoms with Crippen molar-refractivity contribution in [3.05, 3.63) is 69.7 Å². The van der Waals surface area contributed by atoms with Crippen LogP contribution in [-0.2, 0) is 16.2 Å². The van der Waals surface area contributed by atoms with Gasteiger partial charge in [-0.3, -0.25) is 4.79 Å². The first-order valence-electron chi connectivity index (χ1n) is 8.56. The molecule has 1 aliphatic rings. The highest BCUT2D eigenvalue weighted by molar-refractivity contribution is 6.31. The molecule has 26 heavy (non-hydrogen) atoms. The van der Waals surface area contributed by atoms with Crippen LogP contribution in [-0.4, -0.2) is 29.2 Å². The molecule has 1 atom stereocenters. The Morgan fingerprint density at radius 1 is 1.19 bits per heavy atom. The lowest BCUT2D eigenvalue weighted by Gasteiger charge is -2.24. The molecule has 2 aromatic carbocycles. The molecule has 1 heterocycles. The Labute approximate surface area is 163 Å². The first-order valence-corrected chi connectivity index (χ1v) is 9.31. The molecule has 0 N–H and O–H groups in total. The molecule has 0 aliphatic carbocycles. The van der Waals surface area contributed by atoms with Crippen molar-refractivity contribution in [3.8, 4) is 0 Å². The van der Waals surface area contributed by atoms with Crippen molar-refractivity contribution in [2.75, 3.05) is 6.54 Å². The Kier molecular flexibility index (Phi) is 6.17. The molecule has 1 aliphatic heterocycles. The van der Waals surface area contributed by atoms with Gasteiger partial charge >= 0.3 is 0 Å². The van der Waals surface area contributed by atoms with Crippen molar-refractivity contribution in [1.29, 1.82) is 0 Å². The minimum absolute atomic E-state index is 0.0773. The number of oxime groups is 1. The minimum atomic E-state index is -0.157. The fourth-order valence-corrected chi connectivity index (χ4v) is 3.26. The van der Waals surface area contributed by atoms with E-state index in [1.807, 2.05) is 55.5 Å². The fraction of sp³-hybridized carbons (Fsp3) is 0.300. The van der Waals surface area contributed by atoms with Gasteiger partial charge in [0.25, 0.3) is 0 Å². The Morgan fingerprint density at radius 2 is 1.96 bits per heavy atom. The first-order chi connectivity index (χ1) is 12.5. The van der Waals surface area contributed by atoms with Gasteiger partial charge in [0.15, 0.2) is 6.10 Å². The van der Waals surface area contributed by atoms with E-state index >= 15 is 0 Å². The van der Waals surface area contributed by atoms with E-state index in [9.17, 15) is 4.79 Å². The van der Waals surface area contributed by atoms with Crippen LogP contribution in [0.3, 0.4) is 0 Å². The van der Waals surface area contributed by atoms with E-state index in [-0.39, 0.29) is 12.0 Å². The molecular weight excluding hydrogens is 371 g/mol. The summed E-state index contributed by atoms with van der Waals surface area (Å²) in [4.78, 5) is 19.7. The predicted octanol–water partition coefficient (Wildman–Crippen LogP) is 4.93. The van der Waals surface area contributed by atoms with Gasteiger partial charge in [-0.05, 0) is 35.4 Å². The Hall–Kier alpha value is -2.04. The van der Waals surface area contributed by atoms with Gasteiger partial charge in [-0.2, -0.15) is 0 Å². The van der Waals surface area contributed by atoms with E-state index in [1.165, 1.54) is 0 Å². The van der Waals surface area contributed by atoms with Gasteiger partial charge in [0.2, 0.25) is 5.91 Å². The molecule has 1 unspecified atom stereocenters. The standard InChI is InChI=1S/C20H20Cl2N2O2/c1-2-20(25)24(12-14-4-3-5-17(22)10-14)13-18-11-19(23-26-18)15-6-8-16(21)9-7-15/h3-10,18H,2,11-13H2,1H3. The van der Waals surface area contributed by atoms with Crippen molar-refractivity contribution in [2.45, 2.75) is 32.4 Å². The second-order valence-corrected chi connectivity index (χ2v) is 7.11. The molecule has 0 radical (unpaired) electrons. The van der Waals surface area contributed by atoms with Crippen LogP contribution in [0.2, 0.25) is 10.0 Å². The number of amides is 1. The maximum absolute atomic E-state index is 12.4. The topological polar surface area (TPSA) is 41.9 Å². The smallest absolute Gasteiger partial charge is 0.222 e. The number of hydrogen-bond donors (Lipinski definition) is 0. The zero-order valence-electron chi connectivity index (χ0n) is 14.5. The van der Waals surface area contributed by atoms with Gasteiger partial charge in [-0.25, -0.2) is 0 Å². The lowest BCUT2D eigenvalue weighted by atomic mass is 10.0. The van der Waals surface area contributed by atoms with Gasteiger partial charge < -0.3 is 9.74 Å². The lowest BCUT2D eigenvalue weighted by molar-refractivity contribution is -0.133. The zero-order chi connectivity index (χ0) is 18.5. The molecule has 0 aromatic heterocycles. The largest absolute Gasteiger partial charge is 0.390 e. The summed E-state index contributed by atoms with van der Waals surface area (Å²) in [6, 6.07) is 15.1. The second kappa shape index (κ2) is 8.56. The van der Waals surface area contributed by atoms with E-state index in [0.717, 1.165) is 16.8 Å². The molecule has 0 fully saturated rings. The SMILES string of the molecule is CCC(=O)N(Cc1cccc(Cl)c1)CC1CC(c2ccc(Cl)cc2)=NO1. The van der Waals surface area contributed by atoms with Crippen molar-refractivity contribution in [1.82, 2.24) is 4.90 Å². The molecule has 2 aromatic rings. The Balaban J connectivity index is 1.65. The van der Waals surface area contributed by atoms with Gasteiger partial charge in [0.1, 0.15) is 0 Å². The first kappa shape index (κ1) is 18.7. The van der Waals surface area contributed by atoms with Crippen molar-refractivity contribution >= 4 is 34.8 Å². The van der Waals surface area contributed by atoms with Crippen LogP contribution in [0.15, 0.2) is 53.7 Å². The van der Waals surface area contributed by atoms with Crippen molar-refractivity contribution < 1.29 is 9.63 Å². The maximum Gasteiger partial charge on any atom is 0.222 e. The summed E-state index contributed by atoms with van der Waals surface area (Å²) >= 11 is 12.0. The summed E-state index contributed by atoms with van der Waals surface area (Å²) in [7, 11) is 0. The number of rotatable bonds is 6. The molecule has 3 rings (SSSR count). The molecule has 4 nitrogen and oxygen atoms in total. The zero-order valence-corrected chi connectivity index (χ0v) is 16.0. The van der Waals surface area contributed by atoms with E-state index < -0.39 is 0 Å². The predicted molar refractivity (Wildman–Crippen MR) is 105 cm³/mol. The number of nitrogens with zero attached hydrogens (tertiary/aromatic N) is 2. The van der Waals surface area contributed by atoms with Crippen molar-refractivity contribution in [3.63, 3.8) is 0 Å². The monoisotopic (exact) mass is 390 g/mol. The Bertz CT molecular complexity index is 806. The average Bonchev–Trinajstić information content (AvgIpc) is 3.10. The highest BCUT2D eigenvalue weighted by Crippen LogP contribution is 2.21. The van der Waals surface area contributed by atoms with E-state index in [0.29, 0.717) is 36.0 Å². The van der Waals surface area contributed by atoms with Gasteiger partial charge in [0.05, 0.1) is 12.3 Å². The number of benzene rings is 2. The third kappa shape index (κ3) is 4.77. The molecule has 136 valence electrons. The van der Waals surface area contributed by atoms with Crippen LogP contribution >= 0.6 is 23.2 Å². The Morgan fingerprint density at radius 3 is 2.65 bits per heavy atom. The number of carbonyl (C=O) groups is 1. The third-order valence-corrected chi connectivity index (χ3v) is 4.74. The number of halogens is 2. The van der Waals surface area contributed by atoms with E-state index in [1.54, 1.807) is 4.90 Å². The summed E-state index contributed by atoms with van der Waals surface area (Å²) in [5.41, 5.74) is 2.86. The van der Waals surface area contributed by atoms with Crippen LogP contribution in [0.1, 0.15) is 30.9 Å². The molecule has 0 saturated heterocycles. The van der Waals surface area contributed by atoms with Crippen molar-refractivity contribution in [2.24, 2.45) is 5.16 Å². The summed E-state index contributed by atoms with van der Waals surface area (Å²) in [5, 5.41) is 5.54.